The number of phenols is 1. The van der Waals surface area contributed by atoms with Gasteiger partial charge in [-0.1, -0.05) is 31.6 Å². The highest BCUT2D eigenvalue weighted by atomic mass is 16.6. The molecule has 0 radical (unpaired) electrons. The summed E-state index contributed by atoms with van der Waals surface area (Å²) in [7, 11) is 1.42. The molecule has 2 aromatic rings. The summed E-state index contributed by atoms with van der Waals surface area (Å²) < 4.78 is 25.1. The van der Waals surface area contributed by atoms with Crippen LogP contribution < -0.4 is 10.2 Å². The summed E-state index contributed by atoms with van der Waals surface area (Å²) in [4.78, 5) is 39.0. The van der Waals surface area contributed by atoms with E-state index in [1.54, 1.807) is 13.8 Å². The topological polar surface area (TPSA) is 153 Å². The van der Waals surface area contributed by atoms with E-state index in [-0.39, 0.29) is 58.1 Å². The maximum absolute atomic E-state index is 14.4. The van der Waals surface area contributed by atoms with Gasteiger partial charge in [0.25, 0.3) is 0 Å². The van der Waals surface area contributed by atoms with E-state index in [1.165, 1.54) is 20.1 Å². The predicted molar refractivity (Wildman–Crippen MR) is 163 cm³/mol. The van der Waals surface area contributed by atoms with Gasteiger partial charge in [-0.2, -0.15) is 0 Å². The number of benzene rings is 1. The molecule has 0 saturated carbocycles. The van der Waals surface area contributed by atoms with Crippen molar-refractivity contribution in [1.82, 2.24) is 0 Å². The molecule has 10 nitrogen and oxygen atoms in total. The highest BCUT2D eigenvalue weighted by molar-refractivity contribution is 5.97. The summed E-state index contributed by atoms with van der Waals surface area (Å²) in [5.74, 6) is -2.04. The zero-order valence-corrected chi connectivity index (χ0v) is 26.6. The second-order valence-electron chi connectivity index (χ2n) is 13.3. The number of hydrogen-bond donors (Lipinski definition) is 3. The Morgan fingerprint density at radius 1 is 1.09 bits per heavy atom. The van der Waals surface area contributed by atoms with Gasteiger partial charge in [0.15, 0.2) is 11.0 Å². The Morgan fingerprint density at radius 3 is 2.32 bits per heavy atom. The Kier molecular flexibility index (Phi) is 7.41. The molecule has 0 spiro atoms. The molecule has 1 aromatic carbocycles. The molecule has 3 heterocycles. The number of aliphatic carboxylic acids is 2. The van der Waals surface area contributed by atoms with Crippen molar-refractivity contribution in [2.75, 3.05) is 7.11 Å². The highest BCUT2D eigenvalue weighted by Gasteiger charge is 2.60. The van der Waals surface area contributed by atoms with Crippen molar-refractivity contribution >= 4 is 28.5 Å². The maximum Gasteiger partial charge on any atom is 0.340 e. The van der Waals surface area contributed by atoms with E-state index in [4.69, 9.17) is 18.6 Å². The summed E-state index contributed by atoms with van der Waals surface area (Å²) in [6, 6.07) is 0. The van der Waals surface area contributed by atoms with Crippen molar-refractivity contribution < 1.29 is 43.5 Å². The molecule has 3 N–H and O–H groups in total. The van der Waals surface area contributed by atoms with E-state index < -0.39 is 40.1 Å². The first-order valence-corrected chi connectivity index (χ1v) is 14.7. The average Bonchev–Trinajstić information content (AvgIpc) is 3.32. The fraction of sp³-hybridized carbons (Fsp3) is 0.500. The SMILES string of the molecule is COC1Cc2c(oc3c(CC=C(C)C)c4c(c(O)c3c2=O)C(C)(C)C(C)O4)C2=C1C(CC=C(C)C(=O)O)(C(=O)O)OC2(C)C. The monoisotopic (exact) mass is 608 g/mol. The lowest BCUT2D eigenvalue weighted by Gasteiger charge is -2.33. The number of carboxylic acid groups (broad SMARTS) is 2. The van der Waals surface area contributed by atoms with Crippen LogP contribution in [0.5, 0.6) is 11.5 Å². The van der Waals surface area contributed by atoms with Crippen molar-refractivity contribution in [1.29, 1.82) is 0 Å². The van der Waals surface area contributed by atoms with Crippen molar-refractivity contribution in [2.24, 2.45) is 0 Å². The standard InChI is InChI=1S/C34H40O10/c1-15(2)10-11-18-27-21(26(36)24-28(18)42-17(4)32(24,5)6)25(35)19-14-20(41-9)22-23(29(19)43-27)33(7,8)44-34(22,31(39)40)13-12-16(3)30(37)38/h10,12,17,20,36H,11,13-14H2,1-9H3,(H,37,38)(H,39,40). The normalized spacial score (nSPS) is 24.9. The van der Waals surface area contributed by atoms with Crippen LogP contribution in [0.2, 0.25) is 0 Å². The molecule has 44 heavy (non-hydrogen) atoms. The quantitative estimate of drug-likeness (QED) is 0.273. The maximum atomic E-state index is 14.4. The Balaban J connectivity index is 1.91. The fourth-order valence-corrected chi connectivity index (χ4v) is 6.78. The predicted octanol–water partition coefficient (Wildman–Crippen LogP) is 5.44. The number of fused-ring (bicyclic) bond motifs is 4. The van der Waals surface area contributed by atoms with Gasteiger partial charge in [0.1, 0.15) is 34.3 Å². The van der Waals surface area contributed by atoms with Gasteiger partial charge in [0.05, 0.1) is 11.7 Å². The smallest absolute Gasteiger partial charge is 0.340 e. The van der Waals surface area contributed by atoms with Crippen LogP contribution in [0.1, 0.15) is 84.3 Å². The lowest BCUT2D eigenvalue weighted by Crippen LogP contribution is -2.47. The zero-order valence-electron chi connectivity index (χ0n) is 26.6. The number of hydrogen-bond acceptors (Lipinski definition) is 8. The van der Waals surface area contributed by atoms with Gasteiger partial charge in [-0.3, -0.25) is 4.79 Å². The number of ether oxygens (including phenoxy) is 3. The highest BCUT2D eigenvalue weighted by Crippen LogP contribution is 2.56. The van der Waals surface area contributed by atoms with E-state index in [9.17, 15) is 29.7 Å². The number of carboxylic acids is 2. The number of phenolic OH excluding ortho intramolecular Hbond substituents is 1. The Hall–Kier alpha value is -3.89. The molecule has 2 aliphatic heterocycles. The van der Waals surface area contributed by atoms with Gasteiger partial charge >= 0.3 is 11.9 Å². The van der Waals surface area contributed by atoms with Crippen LogP contribution >= 0.6 is 0 Å². The number of rotatable bonds is 7. The van der Waals surface area contributed by atoms with Gasteiger partial charge in [-0.05, 0) is 48.0 Å². The number of allylic oxidation sites excluding steroid dienone is 2. The van der Waals surface area contributed by atoms with Crippen LogP contribution in [-0.4, -0.2) is 57.8 Å². The molecule has 1 aliphatic carbocycles. The molecule has 3 aliphatic rings. The Morgan fingerprint density at radius 2 is 1.75 bits per heavy atom. The largest absolute Gasteiger partial charge is 0.507 e. The van der Waals surface area contributed by atoms with E-state index in [0.29, 0.717) is 28.9 Å². The first-order chi connectivity index (χ1) is 20.4. The van der Waals surface area contributed by atoms with E-state index >= 15 is 0 Å². The Labute approximate surface area is 255 Å². The number of methoxy groups -OCH3 is 1. The van der Waals surface area contributed by atoms with Crippen LogP contribution in [0, 0.1) is 0 Å². The summed E-state index contributed by atoms with van der Waals surface area (Å²) in [6.45, 7) is 14.5. The minimum Gasteiger partial charge on any atom is -0.507 e. The molecular formula is C34H40O10. The molecule has 0 fully saturated rings. The van der Waals surface area contributed by atoms with Crippen molar-refractivity contribution in [2.45, 2.75) is 103 Å². The molecule has 10 heteroatoms. The number of carbonyl (C=O) groups is 2. The van der Waals surface area contributed by atoms with Crippen molar-refractivity contribution in [3.8, 4) is 11.5 Å². The third-order valence-electron chi connectivity index (χ3n) is 9.46. The van der Waals surface area contributed by atoms with Crippen molar-refractivity contribution in [3.63, 3.8) is 0 Å². The molecule has 3 atom stereocenters. The molecule has 3 unspecified atom stereocenters. The fourth-order valence-electron chi connectivity index (χ4n) is 6.78. The lowest BCUT2D eigenvalue weighted by atomic mass is 9.75. The zero-order chi connectivity index (χ0) is 32.7. The van der Waals surface area contributed by atoms with Crippen LogP contribution in [0.25, 0.3) is 16.5 Å². The van der Waals surface area contributed by atoms with E-state index in [1.807, 2.05) is 40.7 Å². The summed E-state index contributed by atoms with van der Waals surface area (Å²) in [5, 5.41) is 31.8. The third kappa shape index (κ3) is 4.41. The van der Waals surface area contributed by atoms with Crippen LogP contribution in [-0.2, 0) is 37.3 Å². The minimum absolute atomic E-state index is 0.0326. The minimum atomic E-state index is -1.98. The van der Waals surface area contributed by atoms with Crippen LogP contribution in [0.3, 0.4) is 0 Å². The molecular weight excluding hydrogens is 568 g/mol. The molecule has 5 rings (SSSR count). The van der Waals surface area contributed by atoms with Gasteiger partial charge in [-0.25, -0.2) is 9.59 Å². The third-order valence-corrected chi connectivity index (χ3v) is 9.46. The number of aromatic hydroxyl groups is 1. The molecule has 0 bridgehead atoms. The first kappa shape index (κ1) is 31.5. The van der Waals surface area contributed by atoms with E-state index in [2.05, 4.69) is 0 Å². The summed E-state index contributed by atoms with van der Waals surface area (Å²) in [6.07, 6.45) is 2.19. The lowest BCUT2D eigenvalue weighted by molar-refractivity contribution is -0.168. The molecule has 0 amide bonds. The van der Waals surface area contributed by atoms with Gasteiger partial charge in [0.2, 0.25) is 0 Å². The summed E-state index contributed by atoms with van der Waals surface area (Å²) in [5.41, 5.74) is -1.07. The van der Waals surface area contributed by atoms with Gasteiger partial charge < -0.3 is 33.9 Å². The van der Waals surface area contributed by atoms with Crippen molar-refractivity contribution in [3.05, 3.63) is 61.5 Å². The van der Waals surface area contributed by atoms with Gasteiger partial charge in [-0.15, -0.1) is 0 Å². The molecule has 0 saturated heterocycles. The molecule has 1 aromatic heterocycles. The average molecular weight is 609 g/mol. The molecule has 236 valence electrons. The summed E-state index contributed by atoms with van der Waals surface area (Å²) >= 11 is 0. The van der Waals surface area contributed by atoms with E-state index in [0.717, 1.165) is 5.57 Å². The Bertz CT molecular complexity index is 1760. The van der Waals surface area contributed by atoms with Crippen LogP contribution in [0.4, 0.5) is 0 Å². The van der Waals surface area contributed by atoms with Gasteiger partial charge in [0, 0.05) is 58.8 Å². The first-order valence-electron chi connectivity index (χ1n) is 14.7. The van der Waals surface area contributed by atoms with Crippen LogP contribution in [0.15, 0.2) is 38.1 Å². The second-order valence-corrected chi connectivity index (χ2v) is 13.3. The second kappa shape index (κ2) is 10.3.